The van der Waals surface area contributed by atoms with E-state index >= 15 is 0 Å². The van der Waals surface area contributed by atoms with Crippen molar-refractivity contribution in [2.45, 2.75) is 0 Å². The van der Waals surface area contributed by atoms with Gasteiger partial charge < -0.3 is 19.4 Å². The summed E-state index contributed by atoms with van der Waals surface area (Å²) in [6.45, 7) is 0. The largest absolute Gasteiger partial charge is 0.545 e. The number of carbonyl (C=O) groups is 1. The van der Waals surface area contributed by atoms with Gasteiger partial charge in [-0.15, -0.1) is 0 Å². The smallest absolute Gasteiger partial charge is 0.217 e. The van der Waals surface area contributed by atoms with E-state index in [1.807, 2.05) is 35.9 Å². The van der Waals surface area contributed by atoms with Crippen LogP contribution in [-0.4, -0.2) is 20.2 Å². The van der Waals surface area contributed by atoms with Gasteiger partial charge in [0.2, 0.25) is 11.0 Å². The zero-order chi connectivity index (χ0) is 15.9. The quantitative estimate of drug-likeness (QED) is 0.538. The molecule has 3 rings (SSSR count). The molecule has 5 heteroatoms. The van der Waals surface area contributed by atoms with E-state index in [2.05, 4.69) is 0 Å². The summed E-state index contributed by atoms with van der Waals surface area (Å²) >= 11 is 0. The van der Waals surface area contributed by atoms with E-state index in [1.165, 1.54) is 14.2 Å². The topological polar surface area (TPSA) is 62.5 Å². The number of carbonyl (C=O) groups excluding carboxylic acids is 1. The molecule has 0 amide bonds. The SMILES string of the molecule is COc1cccc2c1c(C(=O)[O-])c1c(OC)cccc1[n+]2C. The van der Waals surface area contributed by atoms with Crippen molar-refractivity contribution >= 4 is 27.8 Å². The maximum Gasteiger partial charge on any atom is 0.217 e. The fraction of sp³-hybridized carbons (Fsp3) is 0.176. The van der Waals surface area contributed by atoms with Crippen LogP contribution in [-0.2, 0) is 7.05 Å². The molecule has 22 heavy (non-hydrogen) atoms. The highest BCUT2D eigenvalue weighted by Gasteiger charge is 2.23. The minimum Gasteiger partial charge on any atom is -0.545 e. The first-order valence-electron chi connectivity index (χ1n) is 6.77. The van der Waals surface area contributed by atoms with Crippen molar-refractivity contribution < 1.29 is 23.9 Å². The summed E-state index contributed by atoms with van der Waals surface area (Å²) in [7, 11) is 4.91. The number of rotatable bonds is 3. The Labute approximate surface area is 127 Å². The van der Waals surface area contributed by atoms with Gasteiger partial charge in [-0.2, -0.15) is 4.57 Å². The molecule has 0 fully saturated rings. The summed E-state index contributed by atoms with van der Waals surface area (Å²) in [5, 5.41) is 12.9. The first-order valence-corrected chi connectivity index (χ1v) is 6.77. The van der Waals surface area contributed by atoms with E-state index < -0.39 is 5.97 Å². The molecule has 0 aliphatic rings. The number of ether oxygens (including phenoxy) is 2. The second kappa shape index (κ2) is 5.18. The van der Waals surface area contributed by atoms with Crippen LogP contribution in [0, 0.1) is 0 Å². The number of hydrogen-bond acceptors (Lipinski definition) is 4. The summed E-state index contributed by atoms with van der Waals surface area (Å²) in [5.41, 5.74) is 1.58. The Hall–Kier alpha value is -2.82. The maximum atomic E-state index is 11.8. The summed E-state index contributed by atoms with van der Waals surface area (Å²) in [5.74, 6) is -0.287. The monoisotopic (exact) mass is 297 g/mol. The Morgan fingerprint density at radius 1 is 0.955 bits per heavy atom. The summed E-state index contributed by atoms with van der Waals surface area (Å²) < 4.78 is 12.6. The number of nitrogens with zero attached hydrogens (tertiary/aromatic N) is 1. The Bertz CT molecular complexity index is 837. The lowest BCUT2D eigenvalue weighted by atomic mass is 10.0. The Morgan fingerprint density at radius 2 is 1.41 bits per heavy atom. The van der Waals surface area contributed by atoms with Gasteiger partial charge in [-0.05, 0) is 12.1 Å². The molecule has 3 aromatic rings. The number of fused-ring (bicyclic) bond motifs is 2. The van der Waals surface area contributed by atoms with Crippen LogP contribution < -0.4 is 19.1 Å². The second-order valence-electron chi connectivity index (χ2n) is 4.93. The number of carboxylic acids is 1. The van der Waals surface area contributed by atoms with Crippen molar-refractivity contribution in [2.24, 2.45) is 7.05 Å². The molecule has 0 aliphatic heterocycles. The molecule has 112 valence electrons. The van der Waals surface area contributed by atoms with Gasteiger partial charge in [-0.25, -0.2) is 0 Å². The van der Waals surface area contributed by atoms with Crippen molar-refractivity contribution in [1.29, 1.82) is 0 Å². The number of aromatic carboxylic acids is 1. The van der Waals surface area contributed by atoms with Crippen molar-refractivity contribution in [2.75, 3.05) is 14.2 Å². The first kappa shape index (κ1) is 14.1. The van der Waals surface area contributed by atoms with E-state index in [0.717, 1.165) is 11.0 Å². The highest BCUT2D eigenvalue weighted by atomic mass is 16.5. The highest BCUT2D eigenvalue weighted by Crippen LogP contribution is 2.35. The molecule has 0 bridgehead atoms. The maximum absolute atomic E-state index is 11.8. The molecule has 5 nitrogen and oxygen atoms in total. The van der Waals surface area contributed by atoms with Gasteiger partial charge in [-0.3, -0.25) is 0 Å². The molecule has 0 aliphatic carbocycles. The van der Waals surface area contributed by atoms with Crippen LogP contribution in [0.25, 0.3) is 21.8 Å². The van der Waals surface area contributed by atoms with E-state index in [4.69, 9.17) is 9.47 Å². The van der Waals surface area contributed by atoms with Gasteiger partial charge in [0.05, 0.1) is 31.0 Å². The molecule has 0 saturated heterocycles. The molecule has 0 radical (unpaired) electrons. The molecular formula is C17H15NO4. The van der Waals surface area contributed by atoms with Crippen LogP contribution in [0.3, 0.4) is 0 Å². The lowest BCUT2D eigenvalue weighted by molar-refractivity contribution is -0.617. The number of hydrogen-bond donors (Lipinski definition) is 0. The van der Waals surface area contributed by atoms with Crippen LogP contribution in [0.4, 0.5) is 0 Å². The molecular weight excluding hydrogens is 282 g/mol. The summed E-state index contributed by atoms with van der Waals surface area (Å²) in [6.07, 6.45) is 0. The molecule has 2 aromatic carbocycles. The number of aromatic nitrogens is 1. The van der Waals surface area contributed by atoms with Crippen molar-refractivity contribution in [1.82, 2.24) is 0 Å². The van der Waals surface area contributed by atoms with Gasteiger partial charge >= 0.3 is 0 Å². The molecule has 1 heterocycles. The molecule has 0 unspecified atom stereocenters. The van der Waals surface area contributed by atoms with Crippen LogP contribution in [0.2, 0.25) is 0 Å². The van der Waals surface area contributed by atoms with Crippen LogP contribution >= 0.6 is 0 Å². The van der Waals surface area contributed by atoms with E-state index in [9.17, 15) is 9.90 Å². The Kier molecular flexibility index (Phi) is 3.33. The molecule has 1 aromatic heterocycles. The van der Waals surface area contributed by atoms with Gasteiger partial charge in [0, 0.05) is 17.7 Å². The van der Waals surface area contributed by atoms with Crippen molar-refractivity contribution in [3.05, 3.63) is 42.0 Å². The van der Waals surface area contributed by atoms with E-state index in [1.54, 1.807) is 12.1 Å². The van der Waals surface area contributed by atoms with Gasteiger partial charge in [0.15, 0.2) is 0 Å². The van der Waals surface area contributed by atoms with E-state index in [0.29, 0.717) is 22.3 Å². The number of methoxy groups -OCH3 is 2. The van der Waals surface area contributed by atoms with Gasteiger partial charge in [-0.1, -0.05) is 12.1 Å². The van der Waals surface area contributed by atoms with Crippen LogP contribution in [0.1, 0.15) is 10.4 Å². The fourth-order valence-electron chi connectivity index (χ4n) is 2.90. The second-order valence-corrected chi connectivity index (χ2v) is 4.93. The summed E-state index contributed by atoms with van der Waals surface area (Å²) in [6, 6.07) is 10.8. The fourth-order valence-corrected chi connectivity index (χ4v) is 2.90. The minimum atomic E-state index is -1.26. The van der Waals surface area contributed by atoms with Gasteiger partial charge in [0.25, 0.3) is 0 Å². The zero-order valence-corrected chi connectivity index (χ0v) is 12.5. The summed E-state index contributed by atoms with van der Waals surface area (Å²) in [4.78, 5) is 11.8. The number of aryl methyl sites for hydroxylation is 1. The molecule has 0 N–H and O–H groups in total. The first-order chi connectivity index (χ1) is 10.6. The third-order valence-electron chi connectivity index (χ3n) is 3.88. The number of benzene rings is 2. The van der Waals surface area contributed by atoms with Crippen LogP contribution in [0.15, 0.2) is 36.4 Å². The third kappa shape index (κ3) is 1.86. The van der Waals surface area contributed by atoms with Crippen LogP contribution in [0.5, 0.6) is 11.5 Å². The Balaban J connectivity index is 2.70. The average molecular weight is 297 g/mol. The normalized spacial score (nSPS) is 10.9. The molecule has 0 atom stereocenters. The number of carboxylic acid groups (broad SMARTS) is 1. The Morgan fingerprint density at radius 3 is 1.77 bits per heavy atom. The highest BCUT2D eigenvalue weighted by molar-refractivity contribution is 6.14. The van der Waals surface area contributed by atoms with Crippen molar-refractivity contribution in [3.8, 4) is 11.5 Å². The number of pyridine rings is 1. The lowest BCUT2D eigenvalue weighted by Crippen LogP contribution is -2.33. The van der Waals surface area contributed by atoms with E-state index in [-0.39, 0.29) is 5.56 Å². The predicted octanol–water partition coefficient (Wildman–Crippen LogP) is 1.20. The molecule has 0 spiro atoms. The zero-order valence-electron chi connectivity index (χ0n) is 12.5. The average Bonchev–Trinajstić information content (AvgIpc) is 2.54. The lowest BCUT2D eigenvalue weighted by Gasteiger charge is -2.15. The van der Waals surface area contributed by atoms with Gasteiger partial charge in [0.1, 0.15) is 18.5 Å². The predicted molar refractivity (Wildman–Crippen MR) is 80.1 cm³/mol. The van der Waals surface area contributed by atoms with Crippen molar-refractivity contribution in [3.63, 3.8) is 0 Å². The standard InChI is InChI=1S/C17H15NO4/c1-18-10-6-4-8-12(21-2)14(10)16(17(19)20)15-11(18)7-5-9-13(15)22-3/h4-9H,1-3H3. The third-order valence-corrected chi connectivity index (χ3v) is 3.88. The minimum absolute atomic E-state index is 0.0815. The molecule has 0 saturated carbocycles.